The Morgan fingerprint density at radius 2 is 2.04 bits per heavy atom. The number of aliphatic hydroxyl groups excluding tert-OH is 1. The van der Waals surface area contributed by atoms with E-state index in [2.05, 4.69) is 10.0 Å². The normalized spacial score (nSPS) is 30.0. The predicted octanol–water partition coefficient (Wildman–Crippen LogP) is 1.02. The first-order valence-corrected chi connectivity index (χ1v) is 7.54. The molecule has 2 saturated heterocycles. The van der Waals surface area contributed by atoms with Gasteiger partial charge in [0, 0.05) is 4.91 Å². The Hall–Kier alpha value is -2.16. The lowest BCUT2D eigenvalue weighted by Gasteiger charge is -2.24. The Labute approximate surface area is 137 Å². The number of nitrogens with zero attached hydrogens (tertiary/aromatic N) is 3. The van der Waals surface area contributed by atoms with Gasteiger partial charge < -0.3 is 24.1 Å². The second-order valence-corrected chi connectivity index (χ2v) is 5.36. The summed E-state index contributed by atoms with van der Waals surface area (Å²) in [5, 5.41) is 13.1. The van der Waals surface area contributed by atoms with Crippen LogP contribution < -0.4 is 0 Å². The van der Waals surface area contributed by atoms with Crippen molar-refractivity contribution in [1.82, 2.24) is 0 Å². The summed E-state index contributed by atoms with van der Waals surface area (Å²) in [5.74, 6) is -0.580. The molecule has 0 aromatic heterocycles. The van der Waals surface area contributed by atoms with E-state index in [1.165, 1.54) is 0 Å². The van der Waals surface area contributed by atoms with E-state index in [4.69, 9.17) is 24.5 Å². The van der Waals surface area contributed by atoms with Crippen LogP contribution in [0, 0.1) is 0 Å². The number of hydrogen-bond donors (Lipinski definition) is 1. The van der Waals surface area contributed by atoms with E-state index in [-0.39, 0.29) is 6.61 Å². The van der Waals surface area contributed by atoms with Crippen LogP contribution in [0.4, 0.5) is 0 Å². The zero-order valence-electron chi connectivity index (χ0n) is 12.7. The van der Waals surface area contributed by atoms with Crippen molar-refractivity contribution >= 4 is 5.97 Å². The van der Waals surface area contributed by atoms with Gasteiger partial charge in [0.25, 0.3) is 0 Å². The monoisotopic (exact) mass is 335 g/mol. The second kappa shape index (κ2) is 7.61. The number of carbonyl (C=O) groups excluding carboxylic acids is 1. The molecule has 2 fully saturated rings. The first-order chi connectivity index (χ1) is 11.7. The maximum atomic E-state index is 12.3. The highest BCUT2D eigenvalue weighted by molar-refractivity contribution is 5.89. The summed E-state index contributed by atoms with van der Waals surface area (Å²) in [4.78, 5) is 15.1. The average molecular weight is 335 g/mol. The van der Waals surface area contributed by atoms with Gasteiger partial charge in [-0.25, -0.2) is 4.79 Å². The van der Waals surface area contributed by atoms with E-state index in [1.54, 1.807) is 30.3 Å². The molecule has 3 rings (SSSR count). The number of hydrogen-bond acceptors (Lipinski definition) is 7. The van der Waals surface area contributed by atoms with Crippen LogP contribution in [-0.4, -0.2) is 61.5 Å². The van der Waals surface area contributed by atoms with Gasteiger partial charge in [0.05, 0.1) is 31.5 Å². The van der Waals surface area contributed by atoms with E-state index < -0.39 is 36.6 Å². The zero-order chi connectivity index (χ0) is 16.9. The topological polar surface area (TPSA) is 123 Å². The quantitative estimate of drug-likeness (QED) is 0.371. The van der Waals surface area contributed by atoms with Gasteiger partial charge in [-0.2, -0.15) is 0 Å². The lowest BCUT2D eigenvalue weighted by Crippen LogP contribution is -2.42. The summed E-state index contributed by atoms with van der Waals surface area (Å²) in [7, 11) is 0. The van der Waals surface area contributed by atoms with Gasteiger partial charge in [-0.15, -0.1) is 0 Å². The second-order valence-electron chi connectivity index (χ2n) is 5.36. The molecule has 1 aromatic carbocycles. The molecule has 24 heavy (non-hydrogen) atoms. The third kappa shape index (κ3) is 3.35. The number of rotatable bonds is 5. The molecular weight excluding hydrogens is 318 g/mol. The maximum absolute atomic E-state index is 12.3. The lowest BCUT2D eigenvalue weighted by molar-refractivity contribution is -0.161. The van der Waals surface area contributed by atoms with Crippen molar-refractivity contribution in [2.24, 2.45) is 5.11 Å². The van der Waals surface area contributed by atoms with Crippen LogP contribution >= 0.6 is 0 Å². The number of carbonyl (C=O) groups is 1. The predicted molar refractivity (Wildman–Crippen MR) is 80.0 cm³/mol. The molecule has 0 spiro atoms. The minimum absolute atomic E-state index is 0.358. The van der Waals surface area contributed by atoms with Crippen LogP contribution in [0.5, 0.6) is 0 Å². The average Bonchev–Trinajstić information content (AvgIpc) is 3.25. The van der Waals surface area contributed by atoms with Crippen molar-refractivity contribution in [3.63, 3.8) is 0 Å². The molecule has 0 aliphatic carbocycles. The van der Waals surface area contributed by atoms with Crippen LogP contribution in [0.2, 0.25) is 0 Å². The molecule has 1 aromatic rings. The van der Waals surface area contributed by atoms with Crippen molar-refractivity contribution in [1.29, 1.82) is 0 Å². The Kier molecular flexibility index (Phi) is 5.29. The fourth-order valence-electron chi connectivity index (χ4n) is 2.80. The molecule has 1 N–H and O–H groups in total. The Balaban J connectivity index is 1.83. The number of azide groups is 1. The van der Waals surface area contributed by atoms with Crippen LogP contribution in [0.3, 0.4) is 0 Å². The van der Waals surface area contributed by atoms with Gasteiger partial charge in [-0.3, -0.25) is 0 Å². The van der Waals surface area contributed by atoms with E-state index in [0.29, 0.717) is 18.8 Å². The third-order valence-electron chi connectivity index (χ3n) is 3.91. The van der Waals surface area contributed by atoms with Crippen LogP contribution in [0.15, 0.2) is 35.4 Å². The summed E-state index contributed by atoms with van der Waals surface area (Å²) in [6.45, 7) is 0.395. The Morgan fingerprint density at radius 1 is 1.33 bits per heavy atom. The van der Waals surface area contributed by atoms with E-state index in [0.717, 1.165) is 0 Å². The van der Waals surface area contributed by atoms with Gasteiger partial charge in [0.1, 0.15) is 18.2 Å². The molecule has 2 heterocycles. The molecule has 2 aliphatic heterocycles. The highest BCUT2D eigenvalue weighted by atomic mass is 16.7. The lowest BCUT2D eigenvalue weighted by atomic mass is 10.0. The molecule has 2 aliphatic rings. The van der Waals surface area contributed by atoms with Gasteiger partial charge >= 0.3 is 5.97 Å². The number of esters is 1. The smallest absolute Gasteiger partial charge is 0.338 e. The number of benzene rings is 1. The zero-order valence-corrected chi connectivity index (χ0v) is 12.7. The minimum Gasteiger partial charge on any atom is -0.455 e. The molecular formula is C15H17N3O6. The van der Waals surface area contributed by atoms with Crippen LogP contribution in [0.25, 0.3) is 10.4 Å². The molecule has 0 radical (unpaired) electrons. The van der Waals surface area contributed by atoms with E-state index >= 15 is 0 Å². The molecule has 4 atom stereocenters. The standard InChI is InChI=1S/C15H17N3O6/c16-18-17-11-10(8-19)23-13(15-21-6-7-22-15)12(11)24-14(20)9-4-2-1-3-5-9/h1-5,10-13,15,19H,6-8H2/t10-,11+,12-,13-/m1/s1. The summed E-state index contributed by atoms with van der Waals surface area (Å²) >= 11 is 0. The summed E-state index contributed by atoms with van der Waals surface area (Å²) in [6, 6.07) is 7.56. The molecule has 0 amide bonds. The van der Waals surface area contributed by atoms with Gasteiger partial charge in [0.2, 0.25) is 0 Å². The molecule has 0 unspecified atom stereocenters. The molecule has 0 saturated carbocycles. The molecule has 128 valence electrons. The van der Waals surface area contributed by atoms with E-state index in [1.807, 2.05) is 0 Å². The van der Waals surface area contributed by atoms with Gasteiger partial charge in [0.15, 0.2) is 6.29 Å². The first-order valence-electron chi connectivity index (χ1n) is 7.54. The maximum Gasteiger partial charge on any atom is 0.338 e. The van der Waals surface area contributed by atoms with Crippen molar-refractivity contribution < 1.29 is 28.8 Å². The van der Waals surface area contributed by atoms with Crippen LogP contribution in [-0.2, 0) is 18.9 Å². The summed E-state index contributed by atoms with van der Waals surface area (Å²) in [6.07, 6.45) is -3.25. The van der Waals surface area contributed by atoms with Crippen LogP contribution in [0.1, 0.15) is 10.4 Å². The summed E-state index contributed by atoms with van der Waals surface area (Å²) in [5.41, 5.74) is 9.14. The van der Waals surface area contributed by atoms with Crippen molar-refractivity contribution in [2.45, 2.75) is 30.6 Å². The highest BCUT2D eigenvalue weighted by Crippen LogP contribution is 2.32. The van der Waals surface area contributed by atoms with Crippen molar-refractivity contribution in [3.8, 4) is 0 Å². The van der Waals surface area contributed by atoms with Gasteiger partial charge in [-0.1, -0.05) is 23.3 Å². The fraction of sp³-hybridized carbons (Fsp3) is 0.533. The number of aliphatic hydroxyl groups is 1. The summed E-state index contributed by atoms with van der Waals surface area (Å²) < 4.78 is 22.0. The van der Waals surface area contributed by atoms with Crippen molar-refractivity contribution in [3.05, 3.63) is 46.3 Å². The SMILES string of the molecule is [N-]=[N+]=N[C@@H]1[C@@H](OC(=O)c2ccccc2)[C@H](C2OCCO2)O[C@@H]1CO. The molecule has 9 nitrogen and oxygen atoms in total. The molecule has 9 heteroatoms. The van der Waals surface area contributed by atoms with E-state index in [9.17, 15) is 9.90 Å². The minimum atomic E-state index is -0.922. The molecule has 0 bridgehead atoms. The Morgan fingerprint density at radius 3 is 2.67 bits per heavy atom. The van der Waals surface area contributed by atoms with Gasteiger partial charge in [-0.05, 0) is 17.7 Å². The first kappa shape index (κ1) is 16.7. The third-order valence-corrected chi connectivity index (χ3v) is 3.91. The Bertz CT molecular complexity index is 615. The largest absolute Gasteiger partial charge is 0.455 e. The highest BCUT2D eigenvalue weighted by Gasteiger charge is 2.51. The number of ether oxygens (including phenoxy) is 4. The fourth-order valence-corrected chi connectivity index (χ4v) is 2.80. The van der Waals surface area contributed by atoms with Crippen molar-refractivity contribution in [2.75, 3.05) is 19.8 Å².